The first kappa shape index (κ1) is 24.4. The Hall–Kier alpha value is -1.22. The van der Waals surface area contributed by atoms with Gasteiger partial charge in [0.15, 0.2) is 0 Å². The molecule has 2 heterocycles. The van der Waals surface area contributed by atoms with Gasteiger partial charge in [0.1, 0.15) is 5.60 Å². The Morgan fingerprint density at radius 2 is 1.55 bits per heavy atom. The quantitative estimate of drug-likeness (QED) is 0.533. The van der Waals surface area contributed by atoms with Crippen molar-refractivity contribution in [3.63, 3.8) is 0 Å². The van der Waals surface area contributed by atoms with E-state index in [9.17, 15) is 9.59 Å². The third-order valence-electron chi connectivity index (χ3n) is 6.43. The summed E-state index contributed by atoms with van der Waals surface area (Å²) >= 11 is 0. The topological polar surface area (TPSA) is 77.5 Å². The van der Waals surface area contributed by atoms with Gasteiger partial charge in [0.05, 0.1) is 24.7 Å². The van der Waals surface area contributed by atoms with Crippen molar-refractivity contribution in [3.8, 4) is 0 Å². The van der Waals surface area contributed by atoms with Gasteiger partial charge >= 0.3 is 11.9 Å². The van der Waals surface area contributed by atoms with Crippen LogP contribution in [0.4, 0.5) is 0 Å². The van der Waals surface area contributed by atoms with E-state index < -0.39 is 11.4 Å². The summed E-state index contributed by atoms with van der Waals surface area (Å²) in [5.41, 5.74) is -0.613. The molecule has 8 nitrogen and oxygen atoms in total. The molecule has 3 fully saturated rings. The predicted octanol–water partition coefficient (Wildman–Crippen LogP) is 2.55. The van der Waals surface area contributed by atoms with Gasteiger partial charge < -0.3 is 18.9 Å². The lowest BCUT2D eigenvalue weighted by Crippen LogP contribution is -2.74. The number of methoxy groups -OCH3 is 1. The summed E-state index contributed by atoms with van der Waals surface area (Å²) in [6, 6.07) is 0. The second-order valence-corrected chi connectivity index (χ2v) is 9.91. The summed E-state index contributed by atoms with van der Waals surface area (Å²) in [6.07, 6.45) is 4.93. The molecule has 3 rings (SSSR count). The number of carbonyl (C=O) groups excluding carboxylic acids is 2. The molecule has 2 saturated heterocycles. The maximum absolute atomic E-state index is 13.7. The highest BCUT2D eigenvalue weighted by molar-refractivity contribution is 5.79. The van der Waals surface area contributed by atoms with Crippen LogP contribution in [-0.4, -0.2) is 85.3 Å². The molecule has 1 atom stereocenters. The van der Waals surface area contributed by atoms with Crippen molar-refractivity contribution in [2.45, 2.75) is 89.9 Å². The lowest BCUT2D eigenvalue weighted by molar-refractivity contribution is -0.299. The molecule has 1 aliphatic carbocycles. The number of nitrogens with zero attached hydrogens (tertiary/aromatic N) is 2. The van der Waals surface area contributed by atoms with Crippen LogP contribution in [0.3, 0.4) is 0 Å². The Morgan fingerprint density at radius 1 is 0.935 bits per heavy atom. The molecule has 0 radical (unpaired) electrons. The molecule has 178 valence electrons. The van der Waals surface area contributed by atoms with Gasteiger partial charge in [-0.05, 0) is 66.2 Å². The number of rotatable bonds is 8. The normalized spacial score (nSPS) is 28.0. The molecular weight excluding hydrogens is 400 g/mol. The summed E-state index contributed by atoms with van der Waals surface area (Å²) in [5.74, 6) is -1.78. The van der Waals surface area contributed by atoms with Gasteiger partial charge in [-0.3, -0.25) is 9.69 Å². The minimum Gasteiger partial charge on any atom is -0.466 e. The van der Waals surface area contributed by atoms with E-state index in [-0.39, 0.29) is 30.1 Å². The van der Waals surface area contributed by atoms with Crippen LogP contribution in [0.15, 0.2) is 0 Å². The molecule has 31 heavy (non-hydrogen) atoms. The monoisotopic (exact) mass is 440 g/mol. The van der Waals surface area contributed by atoms with E-state index in [4.69, 9.17) is 18.9 Å². The van der Waals surface area contributed by atoms with Crippen LogP contribution in [0, 0.1) is 5.92 Å². The Labute approximate surface area is 186 Å². The van der Waals surface area contributed by atoms with E-state index in [0.717, 1.165) is 38.8 Å². The maximum atomic E-state index is 13.7. The lowest BCUT2D eigenvalue weighted by atomic mass is 9.87. The number of esters is 2. The average molecular weight is 441 g/mol. The van der Waals surface area contributed by atoms with Crippen molar-refractivity contribution in [1.29, 1.82) is 0 Å². The largest absolute Gasteiger partial charge is 0.466 e. The molecule has 0 spiro atoms. The first-order valence-corrected chi connectivity index (χ1v) is 11.8. The van der Waals surface area contributed by atoms with Crippen molar-refractivity contribution in [2.75, 3.05) is 39.9 Å². The van der Waals surface area contributed by atoms with E-state index in [1.807, 2.05) is 27.7 Å². The third-order valence-corrected chi connectivity index (χ3v) is 6.43. The Morgan fingerprint density at radius 3 is 2.06 bits per heavy atom. The van der Waals surface area contributed by atoms with Crippen molar-refractivity contribution >= 4 is 11.9 Å². The van der Waals surface area contributed by atoms with E-state index in [1.54, 1.807) is 7.11 Å². The molecule has 2 aliphatic heterocycles. The molecule has 8 heteroatoms. The number of ether oxygens (including phenoxy) is 4. The average Bonchev–Trinajstić information content (AvgIpc) is 3.20. The van der Waals surface area contributed by atoms with Crippen LogP contribution in [0.25, 0.3) is 0 Å². The van der Waals surface area contributed by atoms with Crippen LogP contribution in [0.5, 0.6) is 0 Å². The first-order valence-electron chi connectivity index (χ1n) is 11.8. The Balaban J connectivity index is 1.79. The van der Waals surface area contributed by atoms with Gasteiger partial charge in [-0.15, -0.1) is 0 Å². The molecule has 3 aliphatic rings. The minimum atomic E-state index is -1.24. The Bertz CT molecular complexity index is 616. The zero-order chi connectivity index (χ0) is 22.6. The molecule has 0 amide bonds. The summed E-state index contributed by atoms with van der Waals surface area (Å²) in [6.45, 7) is 10.8. The third kappa shape index (κ3) is 5.59. The minimum absolute atomic E-state index is 0.0793. The summed E-state index contributed by atoms with van der Waals surface area (Å²) < 4.78 is 23.3. The highest BCUT2D eigenvalue weighted by Crippen LogP contribution is 2.38. The van der Waals surface area contributed by atoms with Gasteiger partial charge in [0.2, 0.25) is 0 Å². The number of hydrogen-bond donors (Lipinski definition) is 0. The predicted molar refractivity (Wildman–Crippen MR) is 115 cm³/mol. The second kappa shape index (κ2) is 10.1. The molecule has 1 unspecified atom stereocenters. The lowest BCUT2D eigenvalue weighted by Gasteiger charge is -2.54. The fraction of sp³-hybridized carbons (Fsp3) is 0.913. The van der Waals surface area contributed by atoms with Crippen LogP contribution < -0.4 is 0 Å². The van der Waals surface area contributed by atoms with Crippen LogP contribution in [-0.2, 0) is 28.5 Å². The zero-order valence-electron chi connectivity index (χ0n) is 19.9. The van der Waals surface area contributed by atoms with E-state index in [1.165, 1.54) is 0 Å². The Kier molecular flexibility index (Phi) is 8.00. The van der Waals surface area contributed by atoms with Crippen molar-refractivity contribution in [1.82, 2.24) is 9.80 Å². The summed E-state index contributed by atoms with van der Waals surface area (Å²) in [5, 5.41) is 0. The van der Waals surface area contributed by atoms with Gasteiger partial charge in [0, 0.05) is 33.3 Å². The molecular formula is C23H40N2O6. The number of hydrogen-bond acceptors (Lipinski definition) is 8. The van der Waals surface area contributed by atoms with E-state index in [2.05, 4.69) is 9.80 Å². The van der Waals surface area contributed by atoms with E-state index in [0.29, 0.717) is 32.5 Å². The van der Waals surface area contributed by atoms with Gasteiger partial charge in [-0.25, -0.2) is 9.69 Å². The maximum Gasteiger partial charge on any atom is 0.371 e. The molecule has 0 N–H and O–H groups in total. The van der Waals surface area contributed by atoms with Crippen LogP contribution >= 0.6 is 0 Å². The smallest absolute Gasteiger partial charge is 0.371 e. The highest BCUT2D eigenvalue weighted by atomic mass is 16.6. The van der Waals surface area contributed by atoms with Crippen LogP contribution in [0.1, 0.15) is 66.2 Å². The number of likely N-dealkylation sites (tertiary alicyclic amines) is 2. The van der Waals surface area contributed by atoms with Crippen LogP contribution in [0.2, 0.25) is 0 Å². The standard InChI is InChI=1S/C23H40N2O6/c1-6-29-20(26)17-9-11-18(12-10-17)30-23(24-13-7-8-14-24,21(27)31-22(2,3)4)25-15-19(16-25)28-5/h17-19H,6-16H2,1-5H3/t17-,18-,23?. The van der Waals surface area contributed by atoms with Crippen molar-refractivity contribution in [2.24, 2.45) is 5.92 Å². The highest BCUT2D eigenvalue weighted by Gasteiger charge is 2.58. The molecule has 0 bridgehead atoms. The first-order chi connectivity index (χ1) is 14.7. The van der Waals surface area contributed by atoms with Gasteiger partial charge in [-0.2, -0.15) is 0 Å². The fourth-order valence-electron chi connectivity index (χ4n) is 4.76. The van der Waals surface area contributed by atoms with E-state index >= 15 is 0 Å². The van der Waals surface area contributed by atoms with Crippen molar-refractivity contribution < 1.29 is 28.5 Å². The molecule has 1 saturated carbocycles. The summed E-state index contributed by atoms with van der Waals surface area (Å²) in [4.78, 5) is 30.0. The van der Waals surface area contributed by atoms with Gasteiger partial charge in [0.25, 0.3) is 5.85 Å². The molecule has 0 aromatic rings. The van der Waals surface area contributed by atoms with Gasteiger partial charge in [-0.1, -0.05) is 0 Å². The fourth-order valence-corrected chi connectivity index (χ4v) is 4.76. The molecule has 0 aromatic carbocycles. The number of carbonyl (C=O) groups is 2. The summed E-state index contributed by atoms with van der Waals surface area (Å²) in [7, 11) is 1.70. The molecule has 0 aromatic heterocycles. The van der Waals surface area contributed by atoms with Crippen molar-refractivity contribution in [3.05, 3.63) is 0 Å². The second-order valence-electron chi connectivity index (χ2n) is 9.91. The SMILES string of the molecule is CCOC(=O)[C@H]1CC[C@H](OC(C(=O)OC(C)(C)C)(N2CCCC2)N2CC(OC)C2)CC1. The zero-order valence-corrected chi connectivity index (χ0v) is 19.9.